The number of hydrogen-bond donors (Lipinski definition) is 1. The summed E-state index contributed by atoms with van der Waals surface area (Å²) in [6, 6.07) is 2.24. The third kappa shape index (κ3) is 2.32. The molecule has 72 valence electrons. The van der Waals surface area contributed by atoms with Crippen molar-refractivity contribution in [2.45, 2.75) is 26.2 Å². The second-order valence-corrected chi connectivity index (χ2v) is 4.92. The van der Waals surface area contributed by atoms with E-state index in [4.69, 9.17) is 0 Å². The summed E-state index contributed by atoms with van der Waals surface area (Å²) in [4.78, 5) is 1.60. The van der Waals surface area contributed by atoms with Gasteiger partial charge in [0.15, 0.2) is 0 Å². The molecule has 0 atom stereocenters. The summed E-state index contributed by atoms with van der Waals surface area (Å²) in [5.74, 6) is 0.929. The van der Waals surface area contributed by atoms with Gasteiger partial charge < -0.3 is 5.32 Å². The Morgan fingerprint density at radius 1 is 1.46 bits per heavy atom. The fourth-order valence-corrected chi connectivity index (χ4v) is 2.98. The van der Waals surface area contributed by atoms with Crippen LogP contribution in [0.3, 0.4) is 0 Å². The Morgan fingerprint density at radius 2 is 2.23 bits per heavy atom. The van der Waals surface area contributed by atoms with Crippen LogP contribution in [0.2, 0.25) is 0 Å². The Kier molecular flexibility index (Phi) is 3.01. The average Bonchev–Trinajstić information content (AvgIpc) is 2.54. The highest BCUT2D eigenvalue weighted by molar-refractivity contribution is 7.10. The predicted octanol–water partition coefficient (Wildman–Crippen LogP) is 2.60. The summed E-state index contributed by atoms with van der Waals surface area (Å²) in [7, 11) is 0. The Labute approximate surface area is 84.2 Å². The fourth-order valence-electron chi connectivity index (χ4n) is 1.96. The molecule has 1 aromatic rings. The van der Waals surface area contributed by atoms with E-state index in [1.807, 2.05) is 11.3 Å². The summed E-state index contributed by atoms with van der Waals surface area (Å²) in [6.07, 6.45) is 4.03. The summed E-state index contributed by atoms with van der Waals surface area (Å²) in [6.45, 7) is 4.66. The van der Waals surface area contributed by atoms with Crippen LogP contribution in [-0.4, -0.2) is 13.1 Å². The van der Waals surface area contributed by atoms with Crippen LogP contribution < -0.4 is 5.32 Å². The van der Waals surface area contributed by atoms with Crippen LogP contribution in [0.25, 0.3) is 0 Å². The minimum absolute atomic E-state index is 0.929. The van der Waals surface area contributed by atoms with E-state index in [2.05, 4.69) is 23.7 Å². The maximum absolute atomic E-state index is 3.41. The molecule has 0 radical (unpaired) electrons. The van der Waals surface area contributed by atoms with Crippen LogP contribution in [0.5, 0.6) is 0 Å². The molecular weight excluding hydrogens is 178 g/mol. The van der Waals surface area contributed by atoms with Gasteiger partial charge >= 0.3 is 0 Å². The second kappa shape index (κ2) is 4.25. The van der Waals surface area contributed by atoms with Gasteiger partial charge in [-0.1, -0.05) is 0 Å². The van der Waals surface area contributed by atoms with Crippen molar-refractivity contribution in [2.24, 2.45) is 5.92 Å². The van der Waals surface area contributed by atoms with Crippen LogP contribution >= 0.6 is 11.3 Å². The summed E-state index contributed by atoms with van der Waals surface area (Å²) in [5, 5.41) is 5.63. The Balaban J connectivity index is 1.93. The van der Waals surface area contributed by atoms with Crippen molar-refractivity contribution >= 4 is 11.3 Å². The van der Waals surface area contributed by atoms with Crippen LogP contribution in [0.15, 0.2) is 11.4 Å². The molecule has 13 heavy (non-hydrogen) atoms. The molecule has 1 saturated heterocycles. The Bertz CT molecular complexity index is 261. The first-order valence-corrected chi connectivity index (χ1v) is 5.98. The van der Waals surface area contributed by atoms with E-state index in [0.29, 0.717) is 0 Å². The van der Waals surface area contributed by atoms with Crippen molar-refractivity contribution in [3.05, 3.63) is 21.9 Å². The molecule has 1 aliphatic rings. The minimum Gasteiger partial charge on any atom is -0.317 e. The smallest absolute Gasteiger partial charge is 0.00771 e. The van der Waals surface area contributed by atoms with E-state index in [9.17, 15) is 0 Å². The Morgan fingerprint density at radius 3 is 2.85 bits per heavy atom. The lowest BCUT2D eigenvalue weighted by atomic mass is 9.93. The first-order chi connectivity index (χ1) is 6.36. The van der Waals surface area contributed by atoms with Gasteiger partial charge in [0.05, 0.1) is 0 Å². The van der Waals surface area contributed by atoms with Gasteiger partial charge in [-0.25, -0.2) is 0 Å². The summed E-state index contributed by atoms with van der Waals surface area (Å²) >= 11 is 1.92. The van der Waals surface area contributed by atoms with Gasteiger partial charge in [0, 0.05) is 4.88 Å². The maximum Gasteiger partial charge on any atom is 0.00771 e. The Hall–Kier alpha value is -0.340. The molecule has 1 aromatic heterocycles. The average molecular weight is 195 g/mol. The number of piperidine rings is 1. The number of nitrogens with one attached hydrogen (secondary N) is 1. The molecule has 0 saturated carbocycles. The first kappa shape index (κ1) is 9.22. The van der Waals surface area contributed by atoms with E-state index >= 15 is 0 Å². The highest BCUT2D eigenvalue weighted by Crippen LogP contribution is 2.23. The van der Waals surface area contributed by atoms with Gasteiger partial charge in [0.2, 0.25) is 0 Å². The van der Waals surface area contributed by atoms with E-state index in [0.717, 1.165) is 5.92 Å². The molecule has 0 aromatic carbocycles. The minimum atomic E-state index is 0.929. The van der Waals surface area contributed by atoms with Crippen molar-refractivity contribution in [1.82, 2.24) is 5.32 Å². The van der Waals surface area contributed by atoms with Crippen LogP contribution in [-0.2, 0) is 6.42 Å². The molecule has 1 fully saturated rings. The zero-order valence-corrected chi connectivity index (χ0v) is 8.99. The van der Waals surface area contributed by atoms with Crippen molar-refractivity contribution < 1.29 is 0 Å². The summed E-state index contributed by atoms with van der Waals surface area (Å²) in [5.41, 5.74) is 1.49. The largest absolute Gasteiger partial charge is 0.317 e. The molecule has 0 bridgehead atoms. The van der Waals surface area contributed by atoms with E-state index in [-0.39, 0.29) is 0 Å². The van der Waals surface area contributed by atoms with Crippen LogP contribution in [0.4, 0.5) is 0 Å². The molecule has 1 N–H and O–H groups in total. The molecular formula is C11H17NS. The van der Waals surface area contributed by atoms with E-state index in [1.54, 1.807) is 4.88 Å². The number of aryl methyl sites for hydroxylation is 1. The standard InChI is InChI=1S/C11H17NS/c1-9-4-7-13-11(9)8-10-2-5-12-6-3-10/h4,7,10,12H,2-3,5-6,8H2,1H3. The van der Waals surface area contributed by atoms with Gasteiger partial charge in [-0.3, -0.25) is 0 Å². The normalized spacial score (nSPS) is 19.2. The molecule has 0 unspecified atom stereocenters. The van der Waals surface area contributed by atoms with Crippen LogP contribution in [0, 0.1) is 12.8 Å². The summed E-state index contributed by atoms with van der Waals surface area (Å²) < 4.78 is 0. The van der Waals surface area contributed by atoms with Gasteiger partial charge in [-0.15, -0.1) is 11.3 Å². The fraction of sp³-hybridized carbons (Fsp3) is 0.636. The lowest BCUT2D eigenvalue weighted by Crippen LogP contribution is -2.28. The third-order valence-electron chi connectivity index (χ3n) is 2.90. The molecule has 1 aliphatic heterocycles. The van der Waals surface area contributed by atoms with Crippen molar-refractivity contribution in [3.8, 4) is 0 Å². The number of rotatable bonds is 2. The third-order valence-corrected chi connectivity index (χ3v) is 3.95. The topological polar surface area (TPSA) is 12.0 Å². The first-order valence-electron chi connectivity index (χ1n) is 5.10. The zero-order chi connectivity index (χ0) is 9.10. The molecule has 2 heteroatoms. The highest BCUT2D eigenvalue weighted by Gasteiger charge is 2.14. The van der Waals surface area contributed by atoms with Crippen molar-refractivity contribution in [3.63, 3.8) is 0 Å². The van der Waals surface area contributed by atoms with Gasteiger partial charge in [0.25, 0.3) is 0 Å². The molecule has 2 heterocycles. The van der Waals surface area contributed by atoms with Crippen molar-refractivity contribution in [1.29, 1.82) is 0 Å². The van der Waals surface area contributed by atoms with E-state index < -0.39 is 0 Å². The molecule has 2 rings (SSSR count). The molecule has 1 nitrogen and oxygen atoms in total. The molecule has 0 spiro atoms. The van der Waals surface area contributed by atoms with Gasteiger partial charge in [-0.05, 0) is 62.2 Å². The van der Waals surface area contributed by atoms with Crippen LogP contribution in [0.1, 0.15) is 23.3 Å². The number of thiophene rings is 1. The second-order valence-electron chi connectivity index (χ2n) is 3.92. The lowest BCUT2D eigenvalue weighted by Gasteiger charge is -2.22. The highest BCUT2D eigenvalue weighted by atomic mass is 32.1. The molecule has 0 amide bonds. The van der Waals surface area contributed by atoms with E-state index in [1.165, 1.54) is 37.9 Å². The number of hydrogen-bond acceptors (Lipinski definition) is 2. The van der Waals surface area contributed by atoms with Gasteiger partial charge in [-0.2, -0.15) is 0 Å². The quantitative estimate of drug-likeness (QED) is 0.765. The maximum atomic E-state index is 3.41. The predicted molar refractivity (Wildman–Crippen MR) is 58.4 cm³/mol. The van der Waals surface area contributed by atoms with Crippen molar-refractivity contribution in [2.75, 3.05) is 13.1 Å². The lowest BCUT2D eigenvalue weighted by molar-refractivity contribution is 0.374. The molecule has 0 aliphatic carbocycles. The SMILES string of the molecule is Cc1ccsc1CC1CCNCC1. The van der Waals surface area contributed by atoms with Gasteiger partial charge in [0.1, 0.15) is 0 Å². The zero-order valence-electron chi connectivity index (χ0n) is 8.18. The monoisotopic (exact) mass is 195 g/mol.